The molecule has 0 saturated heterocycles. The van der Waals surface area contributed by atoms with E-state index in [-0.39, 0.29) is 11.9 Å². The SMILES string of the molecule is CS(=O)(=O)Nc1ccc(N(C(=O)c2ccc(Cl)cc2)C2CC2)cc1. The second-order valence-corrected chi connectivity index (χ2v) is 8.02. The summed E-state index contributed by atoms with van der Waals surface area (Å²) < 4.78 is 25.0. The molecule has 1 N–H and O–H groups in total. The van der Waals surface area contributed by atoms with Gasteiger partial charge in [-0.15, -0.1) is 0 Å². The van der Waals surface area contributed by atoms with Gasteiger partial charge >= 0.3 is 0 Å². The van der Waals surface area contributed by atoms with Gasteiger partial charge in [0, 0.05) is 28.0 Å². The molecule has 2 aromatic carbocycles. The molecule has 0 unspecified atom stereocenters. The minimum Gasteiger partial charge on any atom is -0.305 e. The molecule has 0 radical (unpaired) electrons. The number of hydrogen-bond donors (Lipinski definition) is 1. The van der Waals surface area contributed by atoms with E-state index in [0.717, 1.165) is 24.8 Å². The van der Waals surface area contributed by atoms with Crippen LogP contribution in [0, 0.1) is 0 Å². The van der Waals surface area contributed by atoms with Gasteiger partial charge in [0.1, 0.15) is 0 Å². The average molecular weight is 365 g/mol. The van der Waals surface area contributed by atoms with Crippen molar-refractivity contribution >= 4 is 38.9 Å². The second-order valence-electron chi connectivity index (χ2n) is 5.83. The van der Waals surface area contributed by atoms with Crippen LogP contribution in [0.2, 0.25) is 5.02 Å². The molecule has 0 aromatic heterocycles. The van der Waals surface area contributed by atoms with Crippen LogP contribution in [0.4, 0.5) is 11.4 Å². The molecular weight excluding hydrogens is 348 g/mol. The summed E-state index contributed by atoms with van der Waals surface area (Å²) in [5, 5.41) is 0.584. The molecule has 0 heterocycles. The van der Waals surface area contributed by atoms with Crippen molar-refractivity contribution in [3.8, 4) is 0 Å². The predicted molar refractivity (Wildman–Crippen MR) is 96.2 cm³/mol. The smallest absolute Gasteiger partial charge is 0.258 e. The van der Waals surface area contributed by atoms with E-state index in [9.17, 15) is 13.2 Å². The van der Waals surface area contributed by atoms with Crippen molar-refractivity contribution in [3.63, 3.8) is 0 Å². The second kappa shape index (κ2) is 6.45. The number of carbonyl (C=O) groups excluding carboxylic acids is 1. The number of nitrogens with one attached hydrogen (secondary N) is 1. The van der Waals surface area contributed by atoms with Crippen molar-refractivity contribution in [2.24, 2.45) is 0 Å². The molecule has 126 valence electrons. The molecule has 0 spiro atoms. The highest BCUT2D eigenvalue weighted by molar-refractivity contribution is 7.92. The van der Waals surface area contributed by atoms with Crippen molar-refractivity contribution in [2.45, 2.75) is 18.9 Å². The Morgan fingerprint density at radius 3 is 2.17 bits per heavy atom. The highest BCUT2D eigenvalue weighted by Crippen LogP contribution is 2.33. The summed E-state index contributed by atoms with van der Waals surface area (Å²) in [6.45, 7) is 0. The van der Waals surface area contributed by atoms with E-state index in [4.69, 9.17) is 11.6 Å². The number of halogens is 1. The zero-order chi connectivity index (χ0) is 17.3. The molecule has 1 amide bonds. The molecule has 0 atom stereocenters. The lowest BCUT2D eigenvalue weighted by Crippen LogP contribution is -2.33. The van der Waals surface area contributed by atoms with Gasteiger partial charge in [0.15, 0.2) is 0 Å². The fourth-order valence-electron chi connectivity index (χ4n) is 2.46. The number of nitrogens with zero attached hydrogens (tertiary/aromatic N) is 1. The molecule has 0 bridgehead atoms. The highest BCUT2D eigenvalue weighted by Gasteiger charge is 2.34. The van der Waals surface area contributed by atoms with Gasteiger partial charge in [0.25, 0.3) is 5.91 Å². The number of anilines is 2. The van der Waals surface area contributed by atoms with E-state index >= 15 is 0 Å². The van der Waals surface area contributed by atoms with Crippen molar-refractivity contribution in [3.05, 3.63) is 59.1 Å². The monoisotopic (exact) mass is 364 g/mol. The van der Waals surface area contributed by atoms with Crippen molar-refractivity contribution in [2.75, 3.05) is 15.9 Å². The molecule has 3 rings (SSSR count). The minimum absolute atomic E-state index is 0.0852. The van der Waals surface area contributed by atoms with E-state index in [1.165, 1.54) is 0 Å². The Kier molecular flexibility index (Phi) is 4.51. The first-order valence-electron chi connectivity index (χ1n) is 7.50. The third-order valence-corrected chi connectivity index (χ3v) is 4.53. The van der Waals surface area contributed by atoms with Crippen LogP contribution in [0.3, 0.4) is 0 Å². The van der Waals surface area contributed by atoms with Crippen LogP contribution < -0.4 is 9.62 Å². The molecule has 1 saturated carbocycles. The van der Waals surface area contributed by atoms with Crippen molar-refractivity contribution in [1.29, 1.82) is 0 Å². The zero-order valence-corrected chi connectivity index (χ0v) is 14.6. The maximum atomic E-state index is 12.8. The Hall–Kier alpha value is -2.05. The topological polar surface area (TPSA) is 66.5 Å². The Bertz CT molecular complexity index is 844. The van der Waals surface area contributed by atoms with Crippen LogP contribution >= 0.6 is 11.6 Å². The largest absolute Gasteiger partial charge is 0.305 e. The summed E-state index contributed by atoms with van der Waals surface area (Å²) in [5.74, 6) is -0.0852. The molecule has 2 aromatic rings. The number of carbonyl (C=O) groups is 1. The van der Waals surface area contributed by atoms with E-state index in [2.05, 4.69) is 4.72 Å². The van der Waals surface area contributed by atoms with Crippen molar-refractivity contribution in [1.82, 2.24) is 0 Å². The number of sulfonamides is 1. The van der Waals surface area contributed by atoms with Gasteiger partial charge in [0.05, 0.1) is 6.26 Å². The van der Waals surface area contributed by atoms with Crippen LogP contribution in [-0.2, 0) is 10.0 Å². The molecule has 7 heteroatoms. The number of benzene rings is 2. The lowest BCUT2D eigenvalue weighted by atomic mass is 10.1. The van der Waals surface area contributed by atoms with Gasteiger partial charge in [-0.25, -0.2) is 8.42 Å². The van der Waals surface area contributed by atoms with Crippen LogP contribution in [-0.4, -0.2) is 26.6 Å². The summed E-state index contributed by atoms with van der Waals surface area (Å²) in [6.07, 6.45) is 3.02. The van der Waals surface area contributed by atoms with E-state index in [0.29, 0.717) is 16.3 Å². The average Bonchev–Trinajstić information content (AvgIpc) is 3.33. The summed E-state index contributed by atoms with van der Waals surface area (Å²) in [7, 11) is -3.32. The lowest BCUT2D eigenvalue weighted by Gasteiger charge is -2.23. The first-order valence-corrected chi connectivity index (χ1v) is 9.77. The summed E-state index contributed by atoms with van der Waals surface area (Å²) in [6, 6.07) is 13.8. The Morgan fingerprint density at radius 1 is 1.08 bits per heavy atom. The van der Waals surface area contributed by atoms with Crippen LogP contribution in [0.1, 0.15) is 23.2 Å². The molecule has 0 aliphatic heterocycles. The summed E-state index contributed by atoms with van der Waals surface area (Å²) in [5.41, 5.74) is 1.79. The predicted octanol–water partition coefficient (Wildman–Crippen LogP) is 3.52. The van der Waals surface area contributed by atoms with Gasteiger partial charge in [-0.1, -0.05) is 11.6 Å². The fourth-order valence-corrected chi connectivity index (χ4v) is 3.15. The Balaban J connectivity index is 1.86. The molecule has 1 aliphatic carbocycles. The van der Waals surface area contributed by atoms with E-state index in [1.54, 1.807) is 53.4 Å². The lowest BCUT2D eigenvalue weighted by molar-refractivity contribution is 0.0985. The molecular formula is C17H17ClN2O3S. The maximum Gasteiger partial charge on any atom is 0.258 e. The number of rotatable bonds is 5. The van der Waals surface area contributed by atoms with Gasteiger partial charge in [0.2, 0.25) is 10.0 Å². The van der Waals surface area contributed by atoms with E-state index in [1.807, 2.05) is 0 Å². The van der Waals surface area contributed by atoms with Gasteiger partial charge in [-0.2, -0.15) is 0 Å². The normalized spacial score (nSPS) is 14.2. The van der Waals surface area contributed by atoms with E-state index < -0.39 is 10.0 Å². The van der Waals surface area contributed by atoms with Crippen molar-refractivity contribution < 1.29 is 13.2 Å². The first-order chi connectivity index (χ1) is 11.3. The maximum absolute atomic E-state index is 12.8. The molecule has 1 fully saturated rings. The van der Waals surface area contributed by atoms with Crippen LogP contribution in [0.5, 0.6) is 0 Å². The molecule has 1 aliphatic rings. The highest BCUT2D eigenvalue weighted by atomic mass is 35.5. The van der Waals surface area contributed by atoms with Crippen LogP contribution in [0.25, 0.3) is 0 Å². The third kappa shape index (κ3) is 4.07. The van der Waals surface area contributed by atoms with Gasteiger partial charge in [-0.05, 0) is 61.4 Å². The fraction of sp³-hybridized carbons (Fsp3) is 0.235. The third-order valence-electron chi connectivity index (χ3n) is 3.67. The van der Waals surface area contributed by atoms with Gasteiger partial charge < -0.3 is 4.90 Å². The molecule has 24 heavy (non-hydrogen) atoms. The number of amides is 1. The first kappa shape index (κ1) is 16.8. The Morgan fingerprint density at radius 2 is 1.67 bits per heavy atom. The quantitative estimate of drug-likeness (QED) is 0.882. The summed E-state index contributed by atoms with van der Waals surface area (Å²) in [4.78, 5) is 14.6. The summed E-state index contributed by atoms with van der Waals surface area (Å²) >= 11 is 5.88. The van der Waals surface area contributed by atoms with Gasteiger partial charge in [-0.3, -0.25) is 9.52 Å². The standard InChI is InChI=1S/C17H17ClN2O3S/c1-24(22,23)19-14-6-8-15(9-7-14)20(16-10-11-16)17(21)12-2-4-13(18)5-3-12/h2-9,16,19H,10-11H2,1H3. The number of hydrogen-bond acceptors (Lipinski definition) is 3. The zero-order valence-electron chi connectivity index (χ0n) is 13.1. The molecule has 5 nitrogen and oxygen atoms in total. The van der Waals surface area contributed by atoms with Crippen LogP contribution in [0.15, 0.2) is 48.5 Å². The minimum atomic E-state index is -3.32. The Labute approximate surface area is 146 Å².